The summed E-state index contributed by atoms with van der Waals surface area (Å²) in [7, 11) is 0. The van der Waals surface area contributed by atoms with Crippen LogP contribution >= 0.6 is 0 Å². The highest BCUT2D eigenvalue weighted by Gasteiger charge is 2.51. The third kappa shape index (κ3) is 46.0. The number of carbonyl (C=O) groups excluding carboxylic acids is 1. The summed E-state index contributed by atoms with van der Waals surface area (Å²) in [6, 6.07) is -0.947. The number of hydrogen-bond donors (Lipinski definition) is 9. The van der Waals surface area contributed by atoms with Crippen LogP contribution in [0.4, 0.5) is 0 Å². The molecule has 1 amide bonds. The van der Waals surface area contributed by atoms with Gasteiger partial charge in [-0.25, -0.2) is 0 Å². The van der Waals surface area contributed by atoms with Gasteiger partial charge in [0.2, 0.25) is 5.91 Å². The predicted octanol–water partition coefficient (Wildman–Crippen LogP) is 16.7. The van der Waals surface area contributed by atoms with E-state index < -0.39 is 86.8 Å². The number of aliphatic hydroxyl groups excluding tert-OH is 8. The molecule has 2 aliphatic rings. The van der Waals surface area contributed by atoms with Gasteiger partial charge in [-0.2, -0.15) is 0 Å². The number of rotatable bonds is 62. The summed E-state index contributed by atoms with van der Waals surface area (Å²) in [4.78, 5) is 13.4. The topological polar surface area (TPSA) is 228 Å². The summed E-state index contributed by atoms with van der Waals surface area (Å²) in [6.45, 7) is 2.69. The molecule has 94 heavy (non-hydrogen) atoms. The summed E-state index contributed by atoms with van der Waals surface area (Å²) in [6.07, 6.45) is 74.4. The summed E-state index contributed by atoms with van der Waals surface area (Å²) in [5.41, 5.74) is 0. The highest BCUT2D eigenvalue weighted by Crippen LogP contribution is 2.30. The number of hydrogen-bond acceptors (Lipinski definition) is 13. The van der Waals surface area contributed by atoms with Gasteiger partial charge in [0.25, 0.3) is 0 Å². The van der Waals surface area contributed by atoms with E-state index in [1.165, 1.54) is 180 Å². The molecule has 9 N–H and O–H groups in total. The second-order valence-electron chi connectivity index (χ2n) is 26.4. The number of nitrogens with one attached hydrogen (secondary N) is 1. The Morgan fingerprint density at radius 1 is 0.394 bits per heavy atom. The van der Waals surface area contributed by atoms with E-state index >= 15 is 0 Å². The molecule has 0 aromatic carbocycles. The number of aliphatic hydroxyl groups is 8. The molecular weight excluding hydrogens is 1180 g/mol. The van der Waals surface area contributed by atoms with E-state index in [0.717, 1.165) is 83.5 Å². The zero-order chi connectivity index (χ0) is 68.0. The second kappa shape index (κ2) is 63.1. The lowest BCUT2D eigenvalue weighted by molar-refractivity contribution is -0.359. The van der Waals surface area contributed by atoms with Gasteiger partial charge in [-0.05, 0) is 96.3 Å². The molecular formula is C80H139NO13. The van der Waals surface area contributed by atoms with Crippen molar-refractivity contribution in [3.63, 3.8) is 0 Å². The van der Waals surface area contributed by atoms with Gasteiger partial charge >= 0.3 is 0 Å². The zero-order valence-corrected chi connectivity index (χ0v) is 59.2. The molecule has 0 aliphatic carbocycles. The highest BCUT2D eigenvalue weighted by molar-refractivity contribution is 5.76. The van der Waals surface area contributed by atoms with E-state index in [2.05, 4.69) is 116 Å². The molecule has 14 heteroatoms. The molecule has 0 radical (unpaired) electrons. The number of ether oxygens (including phenoxy) is 4. The van der Waals surface area contributed by atoms with Gasteiger partial charge < -0.3 is 65.1 Å². The van der Waals surface area contributed by atoms with Crippen molar-refractivity contribution in [3.8, 4) is 0 Å². The Hall–Kier alpha value is -3.35. The monoisotopic (exact) mass is 1320 g/mol. The average Bonchev–Trinajstić information content (AvgIpc) is 0.794. The molecule has 0 aromatic heterocycles. The van der Waals surface area contributed by atoms with Gasteiger partial charge in [0, 0.05) is 6.42 Å². The van der Waals surface area contributed by atoms with Crippen LogP contribution in [-0.4, -0.2) is 140 Å². The van der Waals surface area contributed by atoms with E-state index in [4.69, 9.17) is 18.9 Å². The van der Waals surface area contributed by atoms with Gasteiger partial charge in [0.05, 0.1) is 32.0 Å². The first-order valence-corrected chi connectivity index (χ1v) is 38.1. The van der Waals surface area contributed by atoms with E-state index in [9.17, 15) is 45.6 Å². The molecule has 542 valence electrons. The van der Waals surface area contributed by atoms with Gasteiger partial charge in [-0.3, -0.25) is 4.79 Å². The summed E-state index contributed by atoms with van der Waals surface area (Å²) >= 11 is 0. The molecule has 0 saturated carbocycles. The maximum absolute atomic E-state index is 13.4. The molecule has 12 unspecified atom stereocenters. The molecule has 0 bridgehead atoms. The Balaban J connectivity index is 1.67. The average molecular weight is 1320 g/mol. The van der Waals surface area contributed by atoms with Crippen LogP contribution in [0.1, 0.15) is 296 Å². The van der Waals surface area contributed by atoms with Gasteiger partial charge in [0.15, 0.2) is 12.6 Å². The minimum Gasteiger partial charge on any atom is -0.394 e. The first-order chi connectivity index (χ1) is 46.1. The molecule has 12 atom stereocenters. The second-order valence-corrected chi connectivity index (χ2v) is 26.4. The molecule has 2 fully saturated rings. The van der Waals surface area contributed by atoms with Crippen LogP contribution < -0.4 is 5.32 Å². The molecule has 2 rings (SSSR count). The normalized spacial score (nSPS) is 23.1. The van der Waals surface area contributed by atoms with Crippen LogP contribution in [-0.2, 0) is 23.7 Å². The maximum Gasteiger partial charge on any atom is 0.220 e. The predicted molar refractivity (Wildman–Crippen MR) is 387 cm³/mol. The lowest BCUT2D eigenvalue weighted by Gasteiger charge is -2.46. The van der Waals surface area contributed by atoms with Crippen molar-refractivity contribution in [2.45, 2.75) is 370 Å². The Bertz CT molecular complexity index is 2000. The van der Waals surface area contributed by atoms with Gasteiger partial charge in [0.1, 0.15) is 48.8 Å². The Morgan fingerprint density at radius 3 is 1.17 bits per heavy atom. The third-order valence-corrected chi connectivity index (χ3v) is 17.9. The molecule has 2 saturated heterocycles. The number of unbranched alkanes of at least 4 members (excludes halogenated alkanes) is 33. The summed E-state index contributed by atoms with van der Waals surface area (Å²) in [5, 5.41) is 87.6. The van der Waals surface area contributed by atoms with Crippen LogP contribution in [0.3, 0.4) is 0 Å². The van der Waals surface area contributed by atoms with Crippen molar-refractivity contribution >= 4 is 5.91 Å². The Labute approximate surface area is 572 Å². The fourth-order valence-corrected chi connectivity index (χ4v) is 11.9. The minimum atomic E-state index is -1.80. The Morgan fingerprint density at radius 2 is 0.745 bits per heavy atom. The van der Waals surface area contributed by atoms with Gasteiger partial charge in [-0.15, -0.1) is 0 Å². The van der Waals surface area contributed by atoms with Crippen molar-refractivity contribution in [1.29, 1.82) is 0 Å². The lowest BCUT2D eigenvalue weighted by atomic mass is 9.97. The van der Waals surface area contributed by atoms with Crippen molar-refractivity contribution in [1.82, 2.24) is 5.32 Å². The van der Waals surface area contributed by atoms with E-state index in [1.807, 2.05) is 6.08 Å². The largest absolute Gasteiger partial charge is 0.394 e. The molecule has 0 aromatic rings. The molecule has 0 spiro atoms. The zero-order valence-electron chi connectivity index (χ0n) is 59.2. The fourth-order valence-electron chi connectivity index (χ4n) is 11.9. The number of allylic oxidation sites excluding steroid dienone is 17. The third-order valence-electron chi connectivity index (χ3n) is 17.9. The van der Waals surface area contributed by atoms with Gasteiger partial charge in [-0.1, -0.05) is 303 Å². The van der Waals surface area contributed by atoms with E-state index in [-0.39, 0.29) is 18.9 Å². The van der Waals surface area contributed by atoms with Crippen molar-refractivity contribution in [2.24, 2.45) is 0 Å². The fraction of sp³-hybridized carbons (Fsp3) is 0.762. The van der Waals surface area contributed by atoms with Crippen molar-refractivity contribution in [2.75, 3.05) is 19.8 Å². The summed E-state index contributed by atoms with van der Waals surface area (Å²) < 4.78 is 22.9. The highest BCUT2D eigenvalue weighted by atomic mass is 16.7. The number of carbonyl (C=O) groups is 1. The van der Waals surface area contributed by atoms with E-state index in [0.29, 0.717) is 12.8 Å². The van der Waals surface area contributed by atoms with Crippen LogP contribution in [0.5, 0.6) is 0 Å². The van der Waals surface area contributed by atoms with Crippen molar-refractivity contribution < 1.29 is 64.6 Å². The van der Waals surface area contributed by atoms with Crippen molar-refractivity contribution in [3.05, 3.63) is 109 Å². The summed E-state index contributed by atoms with van der Waals surface area (Å²) in [5.74, 6) is -0.255. The van der Waals surface area contributed by atoms with E-state index in [1.54, 1.807) is 6.08 Å². The molecule has 2 aliphatic heterocycles. The first-order valence-electron chi connectivity index (χ1n) is 38.1. The minimum absolute atomic E-state index is 0.255. The van der Waals surface area contributed by atoms with Crippen LogP contribution in [0.2, 0.25) is 0 Å². The van der Waals surface area contributed by atoms with Crippen LogP contribution in [0.25, 0.3) is 0 Å². The molecule has 2 heterocycles. The standard InChI is InChI=1S/C80H139NO13/c1-3-5-7-9-11-13-15-17-19-21-23-25-27-29-31-32-33-34-35-36-38-40-42-44-46-48-50-52-54-56-58-60-62-64-72(85)81-68(67-91-79-77(90)75(88)78(71(66-83)93-79)94-80-76(89)74(87)73(86)70(65-82)92-80)69(84)63-61-59-57-55-53-51-49-47-45-43-41-39-37-30-28-26-24-22-20-18-16-14-12-10-8-6-4-2/h5,7,11,13,17,19,23,25,29,31,33-34,45,47,53,55,61,63,68-71,73-80,82-84,86-90H,3-4,6,8-10,12,14-16,18,20-22,24,26-28,30,32,35-44,46,48-52,54,56-60,62,64-67H2,1-2H3,(H,81,85)/b7-5-,13-11-,19-17-,25-23-,31-29-,34-33-,47-45+,55-53+,63-61+. The smallest absolute Gasteiger partial charge is 0.220 e. The quantitative estimate of drug-likeness (QED) is 0.0204. The Kier molecular flexibility index (Phi) is 58.2. The first kappa shape index (κ1) is 86.7. The van der Waals surface area contributed by atoms with Crippen LogP contribution in [0.15, 0.2) is 109 Å². The van der Waals surface area contributed by atoms with Crippen LogP contribution in [0, 0.1) is 0 Å². The maximum atomic E-state index is 13.4. The number of amides is 1. The lowest BCUT2D eigenvalue weighted by Crippen LogP contribution is -2.65. The molecule has 14 nitrogen and oxygen atoms in total. The SMILES string of the molecule is CC/C=C\C/C=C\C/C=C\C/C=C\C/C=C\C/C=C\CCCCCCCCCCCCCCCCC(=O)NC(COC1OC(CO)C(OC2OC(CO)C(O)C(O)C2O)C(O)C1O)C(O)/C=C/CC/C=C/CC/C=C/CCCCCCCCCCCCCCCCCCC.